The molecule has 1 aromatic heterocycles. The van der Waals surface area contributed by atoms with Crippen LogP contribution < -0.4 is 5.56 Å². The standard InChI is InChI=1S/C18H9Cl6NO/c1-7-10(8-2-12(19)16(23)13(20)3-8)6-11(18(26)25-7)9-4-14(21)17(24)15(22)5-9/h2-6H,1H3,(H,25,26). The zero-order valence-electron chi connectivity index (χ0n) is 13.1. The first-order chi connectivity index (χ1) is 12.2. The van der Waals surface area contributed by atoms with Crippen molar-refractivity contribution in [3.05, 3.63) is 76.5 Å². The van der Waals surface area contributed by atoms with Gasteiger partial charge in [-0.15, -0.1) is 0 Å². The van der Waals surface area contributed by atoms with Gasteiger partial charge in [0.1, 0.15) is 0 Å². The number of halogens is 6. The van der Waals surface area contributed by atoms with Crippen molar-refractivity contribution >= 4 is 69.6 Å². The van der Waals surface area contributed by atoms with E-state index in [1.165, 1.54) is 0 Å². The van der Waals surface area contributed by atoms with E-state index in [1.807, 2.05) is 0 Å². The molecule has 0 bridgehead atoms. The number of rotatable bonds is 2. The summed E-state index contributed by atoms with van der Waals surface area (Å²) < 4.78 is 0. The van der Waals surface area contributed by atoms with Gasteiger partial charge in [-0.3, -0.25) is 4.79 Å². The molecule has 0 fully saturated rings. The van der Waals surface area contributed by atoms with Gasteiger partial charge in [0.25, 0.3) is 5.56 Å². The van der Waals surface area contributed by atoms with E-state index in [-0.39, 0.29) is 25.6 Å². The number of pyridine rings is 1. The predicted molar refractivity (Wildman–Crippen MR) is 113 cm³/mol. The highest BCUT2D eigenvalue weighted by Gasteiger charge is 2.15. The number of H-pyrrole nitrogens is 1. The van der Waals surface area contributed by atoms with Crippen molar-refractivity contribution in [3.8, 4) is 22.3 Å². The third kappa shape index (κ3) is 3.73. The number of aromatic amines is 1. The van der Waals surface area contributed by atoms with E-state index in [9.17, 15) is 4.79 Å². The number of hydrogen-bond acceptors (Lipinski definition) is 1. The van der Waals surface area contributed by atoms with Gasteiger partial charge in [0.15, 0.2) is 0 Å². The van der Waals surface area contributed by atoms with Crippen molar-refractivity contribution in [1.82, 2.24) is 4.98 Å². The van der Waals surface area contributed by atoms with Gasteiger partial charge in [0, 0.05) is 16.8 Å². The van der Waals surface area contributed by atoms with Crippen LogP contribution in [-0.2, 0) is 0 Å². The lowest BCUT2D eigenvalue weighted by atomic mass is 9.99. The first-order valence-electron chi connectivity index (χ1n) is 7.22. The fraction of sp³-hybridized carbons (Fsp3) is 0.0556. The van der Waals surface area contributed by atoms with Gasteiger partial charge in [-0.1, -0.05) is 69.6 Å². The minimum Gasteiger partial charge on any atom is -0.325 e. The maximum absolute atomic E-state index is 12.5. The van der Waals surface area contributed by atoms with Gasteiger partial charge in [-0.05, 0) is 48.4 Å². The van der Waals surface area contributed by atoms with Gasteiger partial charge in [0.05, 0.1) is 30.1 Å². The first kappa shape index (κ1) is 19.9. The fourth-order valence-electron chi connectivity index (χ4n) is 2.56. The minimum atomic E-state index is -0.285. The van der Waals surface area contributed by atoms with Crippen LogP contribution in [0.2, 0.25) is 30.1 Å². The summed E-state index contributed by atoms with van der Waals surface area (Å²) in [4.78, 5) is 15.3. The molecule has 3 rings (SSSR count). The first-order valence-corrected chi connectivity index (χ1v) is 9.49. The fourth-order valence-corrected chi connectivity index (χ4v) is 3.75. The minimum absolute atomic E-state index is 0.233. The second-order valence-electron chi connectivity index (χ2n) is 5.56. The highest BCUT2D eigenvalue weighted by molar-refractivity contribution is 6.49. The Morgan fingerprint density at radius 1 is 0.654 bits per heavy atom. The second kappa shape index (κ2) is 7.63. The molecule has 1 heterocycles. The predicted octanol–water partition coefficient (Wildman–Crippen LogP) is 7.94. The monoisotopic (exact) mass is 465 g/mol. The zero-order valence-corrected chi connectivity index (χ0v) is 17.6. The molecule has 0 aliphatic rings. The summed E-state index contributed by atoms with van der Waals surface area (Å²) in [6.45, 7) is 1.78. The molecule has 134 valence electrons. The Hall–Kier alpha value is -0.870. The molecule has 0 aliphatic carbocycles. The van der Waals surface area contributed by atoms with Crippen LogP contribution in [0, 0.1) is 6.92 Å². The number of benzene rings is 2. The van der Waals surface area contributed by atoms with Crippen LogP contribution >= 0.6 is 69.6 Å². The van der Waals surface area contributed by atoms with E-state index in [4.69, 9.17) is 69.6 Å². The topological polar surface area (TPSA) is 32.9 Å². The lowest BCUT2D eigenvalue weighted by molar-refractivity contribution is 1.15. The summed E-state index contributed by atoms with van der Waals surface area (Å²) in [5.41, 5.74) is 2.74. The average molecular weight is 468 g/mol. The maximum Gasteiger partial charge on any atom is 0.256 e. The Morgan fingerprint density at radius 3 is 1.46 bits per heavy atom. The third-order valence-corrected chi connectivity index (χ3v) is 6.22. The molecule has 0 radical (unpaired) electrons. The van der Waals surface area contributed by atoms with Crippen LogP contribution in [-0.4, -0.2) is 4.98 Å². The van der Waals surface area contributed by atoms with Gasteiger partial charge in [-0.25, -0.2) is 0 Å². The Bertz CT molecular complexity index is 1040. The highest BCUT2D eigenvalue weighted by atomic mass is 35.5. The van der Waals surface area contributed by atoms with Crippen LogP contribution in [0.3, 0.4) is 0 Å². The van der Waals surface area contributed by atoms with Crippen molar-refractivity contribution in [2.24, 2.45) is 0 Å². The molecule has 26 heavy (non-hydrogen) atoms. The highest BCUT2D eigenvalue weighted by Crippen LogP contribution is 2.38. The molecule has 0 atom stereocenters. The smallest absolute Gasteiger partial charge is 0.256 e. The Labute approximate surface area is 179 Å². The van der Waals surface area contributed by atoms with Crippen LogP contribution in [0.15, 0.2) is 35.1 Å². The molecule has 1 N–H and O–H groups in total. The average Bonchev–Trinajstić information content (AvgIpc) is 2.57. The third-order valence-electron chi connectivity index (χ3n) is 3.83. The van der Waals surface area contributed by atoms with Crippen molar-refractivity contribution in [2.75, 3.05) is 0 Å². The van der Waals surface area contributed by atoms with E-state index >= 15 is 0 Å². The molecule has 2 nitrogen and oxygen atoms in total. The maximum atomic E-state index is 12.5. The van der Waals surface area contributed by atoms with E-state index < -0.39 is 0 Å². The number of aryl methyl sites for hydroxylation is 1. The molecular weight excluding hydrogens is 459 g/mol. The molecule has 2 aromatic carbocycles. The Balaban J connectivity index is 2.25. The molecule has 8 heteroatoms. The summed E-state index contributed by atoms with van der Waals surface area (Å²) in [7, 11) is 0. The number of nitrogens with one attached hydrogen (secondary N) is 1. The molecule has 0 spiro atoms. The number of hydrogen-bond donors (Lipinski definition) is 1. The van der Waals surface area contributed by atoms with Crippen molar-refractivity contribution < 1.29 is 0 Å². The lowest BCUT2D eigenvalue weighted by Gasteiger charge is -2.12. The molecule has 0 unspecified atom stereocenters. The Kier molecular flexibility index (Phi) is 5.83. The summed E-state index contributed by atoms with van der Waals surface area (Å²) in [6.07, 6.45) is 0. The van der Waals surface area contributed by atoms with Crippen molar-refractivity contribution in [1.29, 1.82) is 0 Å². The summed E-state index contributed by atoms with van der Waals surface area (Å²) in [5.74, 6) is 0. The zero-order chi connectivity index (χ0) is 19.2. The van der Waals surface area contributed by atoms with Crippen LogP contribution in [0.5, 0.6) is 0 Å². The SMILES string of the molecule is Cc1[nH]c(=O)c(-c2cc(Cl)c(Cl)c(Cl)c2)cc1-c1cc(Cl)c(Cl)c(Cl)c1. The van der Waals surface area contributed by atoms with E-state index in [0.717, 1.165) is 5.56 Å². The van der Waals surface area contributed by atoms with E-state index in [1.54, 1.807) is 37.3 Å². The number of aromatic nitrogens is 1. The largest absolute Gasteiger partial charge is 0.325 e. The van der Waals surface area contributed by atoms with Gasteiger partial charge in [-0.2, -0.15) is 0 Å². The Morgan fingerprint density at radius 2 is 1.04 bits per heavy atom. The van der Waals surface area contributed by atoms with E-state index in [2.05, 4.69) is 4.98 Å². The van der Waals surface area contributed by atoms with Crippen LogP contribution in [0.4, 0.5) is 0 Å². The van der Waals surface area contributed by atoms with Crippen molar-refractivity contribution in [3.63, 3.8) is 0 Å². The normalized spacial score (nSPS) is 11.0. The van der Waals surface area contributed by atoms with E-state index in [0.29, 0.717) is 32.4 Å². The molecule has 0 amide bonds. The van der Waals surface area contributed by atoms with Crippen LogP contribution in [0.25, 0.3) is 22.3 Å². The summed E-state index contributed by atoms with van der Waals surface area (Å²) in [6, 6.07) is 8.26. The van der Waals surface area contributed by atoms with Gasteiger partial charge in [0.2, 0.25) is 0 Å². The van der Waals surface area contributed by atoms with Gasteiger partial charge < -0.3 is 4.98 Å². The summed E-state index contributed by atoms with van der Waals surface area (Å²) in [5, 5.41) is 1.66. The van der Waals surface area contributed by atoms with Gasteiger partial charge >= 0.3 is 0 Å². The lowest BCUT2D eigenvalue weighted by Crippen LogP contribution is -2.11. The molecule has 0 saturated carbocycles. The van der Waals surface area contributed by atoms with Crippen LogP contribution in [0.1, 0.15) is 5.69 Å². The quantitative estimate of drug-likeness (QED) is 0.381. The molecule has 3 aromatic rings. The van der Waals surface area contributed by atoms with Crippen molar-refractivity contribution in [2.45, 2.75) is 6.92 Å². The molecule has 0 saturated heterocycles. The summed E-state index contributed by atoms with van der Waals surface area (Å²) >= 11 is 36.4. The molecule has 0 aliphatic heterocycles. The second-order valence-corrected chi connectivity index (χ2v) is 7.94. The molecular formula is C18H9Cl6NO.